The maximum absolute atomic E-state index is 4.61. The SMILES string of the molecule is CCc1nc(-c2ccccc2CBr)cs1. The van der Waals surface area contributed by atoms with Crippen LogP contribution in [0.15, 0.2) is 29.6 Å². The van der Waals surface area contributed by atoms with Crippen molar-refractivity contribution in [1.82, 2.24) is 4.98 Å². The summed E-state index contributed by atoms with van der Waals surface area (Å²) in [4.78, 5) is 4.61. The van der Waals surface area contributed by atoms with E-state index in [0.717, 1.165) is 17.4 Å². The Labute approximate surface area is 102 Å². The van der Waals surface area contributed by atoms with Crippen LogP contribution >= 0.6 is 27.3 Å². The molecule has 0 spiro atoms. The van der Waals surface area contributed by atoms with E-state index < -0.39 is 0 Å². The van der Waals surface area contributed by atoms with E-state index in [1.165, 1.54) is 16.1 Å². The Morgan fingerprint density at radius 2 is 2.13 bits per heavy atom. The molecule has 15 heavy (non-hydrogen) atoms. The third kappa shape index (κ3) is 2.29. The maximum Gasteiger partial charge on any atom is 0.0929 e. The average Bonchev–Trinajstić information content (AvgIpc) is 2.77. The van der Waals surface area contributed by atoms with Crippen LogP contribution in [0.2, 0.25) is 0 Å². The summed E-state index contributed by atoms with van der Waals surface area (Å²) >= 11 is 5.24. The van der Waals surface area contributed by atoms with Gasteiger partial charge in [0, 0.05) is 16.3 Å². The lowest BCUT2D eigenvalue weighted by Gasteiger charge is -2.02. The van der Waals surface area contributed by atoms with Gasteiger partial charge in [0.25, 0.3) is 0 Å². The molecule has 1 nitrogen and oxygen atoms in total. The Kier molecular flexibility index (Phi) is 3.54. The molecule has 3 heteroatoms. The molecule has 0 saturated carbocycles. The van der Waals surface area contributed by atoms with Crippen molar-refractivity contribution < 1.29 is 0 Å². The molecule has 0 radical (unpaired) electrons. The molecule has 0 aliphatic carbocycles. The van der Waals surface area contributed by atoms with E-state index in [1.807, 2.05) is 0 Å². The maximum atomic E-state index is 4.61. The van der Waals surface area contributed by atoms with Crippen LogP contribution in [0, 0.1) is 0 Å². The van der Waals surface area contributed by atoms with E-state index in [9.17, 15) is 0 Å². The zero-order chi connectivity index (χ0) is 10.7. The quantitative estimate of drug-likeness (QED) is 0.766. The van der Waals surface area contributed by atoms with E-state index in [4.69, 9.17) is 0 Å². The van der Waals surface area contributed by atoms with E-state index in [1.54, 1.807) is 11.3 Å². The van der Waals surface area contributed by atoms with Crippen molar-refractivity contribution in [3.05, 3.63) is 40.2 Å². The largest absolute Gasteiger partial charge is 0.241 e. The number of halogens is 1. The summed E-state index contributed by atoms with van der Waals surface area (Å²) < 4.78 is 0. The Hall–Kier alpha value is -0.670. The van der Waals surface area contributed by atoms with Gasteiger partial charge in [0.05, 0.1) is 10.7 Å². The zero-order valence-corrected chi connectivity index (χ0v) is 10.9. The topological polar surface area (TPSA) is 12.9 Å². The number of hydrogen-bond acceptors (Lipinski definition) is 2. The first-order valence-corrected chi connectivity index (χ1v) is 6.94. The molecule has 0 amide bonds. The number of nitrogens with zero attached hydrogens (tertiary/aromatic N) is 1. The van der Waals surface area contributed by atoms with Crippen molar-refractivity contribution in [1.29, 1.82) is 0 Å². The molecular formula is C12H12BrNS. The summed E-state index contributed by atoms with van der Waals surface area (Å²) in [6.07, 6.45) is 1.02. The van der Waals surface area contributed by atoms with Gasteiger partial charge in [0.2, 0.25) is 0 Å². The minimum absolute atomic E-state index is 0.877. The highest BCUT2D eigenvalue weighted by atomic mass is 79.9. The average molecular weight is 282 g/mol. The van der Waals surface area contributed by atoms with Gasteiger partial charge < -0.3 is 0 Å². The molecular weight excluding hydrogens is 270 g/mol. The number of thiazole rings is 1. The summed E-state index contributed by atoms with van der Waals surface area (Å²) in [5.41, 5.74) is 3.64. The summed E-state index contributed by atoms with van der Waals surface area (Å²) in [6.45, 7) is 2.14. The molecule has 0 aliphatic heterocycles. The van der Waals surface area contributed by atoms with Gasteiger partial charge in [-0.2, -0.15) is 0 Å². The highest BCUT2D eigenvalue weighted by Gasteiger charge is 2.06. The molecule has 0 fully saturated rings. The highest BCUT2D eigenvalue weighted by Crippen LogP contribution is 2.26. The van der Waals surface area contributed by atoms with Crippen molar-refractivity contribution in [3.8, 4) is 11.3 Å². The molecule has 0 bridgehead atoms. The van der Waals surface area contributed by atoms with Gasteiger partial charge in [0.15, 0.2) is 0 Å². The first kappa shape index (κ1) is 10.8. The number of alkyl halides is 1. The number of aryl methyl sites for hydroxylation is 1. The first-order valence-electron chi connectivity index (χ1n) is 4.93. The lowest BCUT2D eigenvalue weighted by atomic mass is 10.1. The minimum Gasteiger partial charge on any atom is -0.241 e. The van der Waals surface area contributed by atoms with Crippen LogP contribution in [-0.4, -0.2) is 4.98 Å². The summed E-state index contributed by atoms with van der Waals surface area (Å²) in [6, 6.07) is 8.39. The second-order valence-electron chi connectivity index (χ2n) is 3.27. The second-order valence-corrected chi connectivity index (χ2v) is 4.77. The Bertz CT molecular complexity index is 450. The lowest BCUT2D eigenvalue weighted by Crippen LogP contribution is -1.86. The first-order chi connectivity index (χ1) is 7.35. The van der Waals surface area contributed by atoms with Crippen molar-refractivity contribution in [2.45, 2.75) is 18.7 Å². The van der Waals surface area contributed by atoms with Gasteiger partial charge in [-0.25, -0.2) is 4.98 Å². The Balaban J connectivity index is 2.44. The van der Waals surface area contributed by atoms with Crippen molar-refractivity contribution in [3.63, 3.8) is 0 Å². The minimum atomic E-state index is 0.877. The van der Waals surface area contributed by atoms with Crippen LogP contribution in [0.4, 0.5) is 0 Å². The number of aromatic nitrogens is 1. The summed E-state index contributed by atoms with van der Waals surface area (Å²) in [5, 5.41) is 4.22. The van der Waals surface area contributed by atoms with E-state index in [2.05, 4.69) is 57.5 Å². The van der Waals surface area contributed by atoms with Gasteiger partial charge in [-0.1, -0.05) is 47.1 Å². The monoisotopic (exact) mass is 281 g/mol. The number of rotatable bonds is 3. The molecule has 1 aromatic heterocycles. The molecule has 1 heterocycles. The van der Waals surface area contributed by atoms with Crippen LogP contribution in [0.5, 0.6) is 0 Å². The van der Waals surface area contributed by atoms with Gasteiger partial charge in [0.1, 0.15) is 0 Å². The Morgan fingerprint density at radius 1 is 1.33 bits per heavy atom. The predicted octanol–water partition coefficient (Wildman–Crippen LogP) is 4.27. The molecule has 1 aromatic carbocycles. The molecule has 2 rings (SSSR count). The van der Waals surface area contributed by atoms with Gasteiger partial charge in [-0.3, -0.25) is 0 Å². The van der Waals surface area contributed by atoms with E-state index in [0.29, 0.717) is 0 Å². The predicted molar refractivity (Wildman–Crippen MR) is 69.6 cm³/mol. The van der Waals surface area contributed by atoms with Crippen molar-refractivity contribution in [2.24, 2.45) is 0 Å². The van der Waals surface area contributed by atoms with Crippen LogP contribution in [0.25, 0.3) is 11.3 Å². The third-order valence-electron chi connectivity index (χ3n) is 2.29. The van der Waals surface area contributed by atoms with Gasteiger partial charge in [-0.05, 0) is 12.0 Å². The number of hydrogen-bond donors (Lipinski definition) is 0. The van der Waals surface area contributed by atoms with Gasteiger partial charge >= 0.3 is 0 Å². The van der Waals surface area contributed by atoms with Crippen LogP contribution in [0.3, 0.4) is 0 Å². The van der Waals surface area contributed by atoms with Gasteiger partial charge in [-0.15, -0.1) is 11.3 Å². The smallest absolute Gasteiger partial charge is 0.0929 e. The summed E-state index contributed by atoms with van der Waals surface area (Å²) in [5.74, 6) is 0. The normalized spacial score (nSPS) is 10.5. The summed E-state index contributed by atoms with van der Waals surface area (Å²) in [7, 11) is 0. The van der Waals surface area contributed by atoms with Crippen LogP contribution in [-0.2, 0) is 11.8 Å². The Morgan fingerprint density at radius 3 is 2.80 bits per heavy atom. The van der Waals surface area contributed by atoms with Crippen LogP contribution < -0.4 is 0 Å². The zero-order valence-electron chi connectivity index (χ0n) is 8.53. The van der Waals surface area contributed by atoms with Crippen molar-refractivity contribution in [2.75, 3.05) is 0 Å². The fourth-order valence-electron chi connectivity index (χ4n) is 1.48. The molecule has 0 saturated heterocycles. The molecule has 0 atom stereocenters. The lowest BCUT2D eigenvalue weighted by molar-refractivity contribution is 1.09. The molecule has 2 aromatic rings. The van der Waals surface area contributed by atoms with E-state index in [-0.39, 0.29) is 0 Å². The van der Waals surface area contributed by atoms with Crippen LogP contribution in [0.1, 0.15) is 17.5 Å². The molecule has 0 unspecified atom stereocenters. The molecule has 0 N–H and O–H groups in total. The van der Waals surface area contributed by atoms with Crippen molar-refractivity contribution >= 4 is 27.3 Å². The number of benzene rings is 1. The van der Waals surface area contributed by atoms with E-state index >= 15 is 0 Å². The molecule has 0 aliphatic rings. The fraction of sp³-hybridized carbons (Fsp3) is 0.250. The second kappa shape index (κ2) is 4.90. The standard InChI is InChI=1S/C12H12BrNS/c1-2-12-14-11(8-15-12)10-6-4-3-5-9(10)7-13/h3-6,8H,2,7H2,1H3. The fourth-order valence-corrected chi connectivity index (χ4v) is 2.72. The molecule has 78 valence electrons. The highest BCUT2D eigenvalue weighted by molar-refractivity contribution is 9.08. The third-order valence-corrected chi connectivity index (χ3v) is 3.89.